The van der Waals surface area contributed by atoms with Crippen molar-refractivity contribution < 1.29 is 9.59 Å². The summed E-state index contributed by atoms with van der Waals surface area (Å²) in [5.74, 6) is 0.205. The lowest BCUT2D eigenvalue weighted by Crippen LogP contribution is -2.46. The number of aromatic nitrogens is 2. The maximum Gasteiger partial charge on any atom is 0.245 e. The van der Waals surface area contributed by atoms with E-state index in [-0.39, 0.29) is 17.7 Å². The van der Waals surface area contributed by atoms with E-state index in [2.05, 4.69) is 34.3 Å². The molecule has 0 saturated carbocycles. The number of hydrogen-bond donors (Lipinski definition) is 0. The van der Waals surface area contributed by atoms with E-state index >= 15 is 0 Å². The van der Waals surface area contributed by atoms with Crippen LogP contribution < -0.4 is 0 Å². The molecule has 124 valence electrons. The quantitative estimate of drug-likeness (QED) is 0.531. The highest BCUT2D eigenvalue weighted by molar-refractivity contribution is 14.1. The molecule has 1 saturated heterocycles. The summed E-state index contributed by atoms with van der Waals surface area (Å²) >= 11 is 2.31. The molecule has 2 aliphatic rings. The Labute approximate surface area is 149 Å². The fourth-order valence-electron chi connectivity index (χ4n) is 3.34. The third kappa shape index (κ3) is 3.15. The summed E-state index contributed by atoms with van der Waals surface area (Å²) in [6.07, 6.45) is 2.83. The third-order valence-corrected chi connectivity index (χ3v) is 6.12. The van der Waals surface area contributed by atoms with Gasteiger partial charge in [-0.25, -0.2) is 0 Å². The Morgan fingerprint density at radius 3 is 2.57 bits per heavy atom. The first-order valence-electron chi connectivity index (χ1n) is 7.93. The Bertz CT molecular complexity index is 647. The minimum absolute atomic E-state index is 0.0251. The largest absolute Gasteiger partial charge is 0.339 e. The number of carbonyl (C=O) groups excluding carboxylic acids is 2. The molecule has 1 aromatic heterocycles. The van der Waals surface area contributed by atoms with Gasteiger partial charge in [0.25, 0.3) is 0 Å². The van der Waals surface area contributed by atoms with Crippen LogP contribution in [0, 0.1) is 16.4 Å². The maximum absolute atomic E-state index is 12.8. The molecule has 3 rings (SSSR count). The smallest absolute Gasteiger partial charge is 0.245 e. The summed E-state index contributed by atoms with van der Waals surface area (Å²) in [5.41, 5.74) is 2.17. The molecule has 1 fully saturated rings. The fourth-order valence-corrected chi connectivity index (χ4v) is 3.90. The lowest BCUT2D eigenvalue weighted by atomic mass is 9.95. The van der Waals surface area contributed by atoms with Crippen molar-refractivity contribution in [3.63, 3.8) is 0 Å². The molecule has 6 nitrogen and oxygen atoms in total. The molecule has 0 aliphatic carbocycles. The number of likely N-dealkylation sites (tertiary alicyclic amines) is 1. The Hall–Kier alpha value is -1.38. The van der Waals surface area contributed by atoms with Crippen LogP contribution in [0.1, 0.15) is 24.2 Å². The molecule has 0 N–H and O–H groups in total. The second-order valence-corrected chi connectivity index (χ2v) is 7.21. The average molecular weight is 428 g/mol. The van der Waals surface area contributed by atoms with Crippen LogP contribution in [0.15, 0.2) is 12.7 Å². The number of piperidine rings is 1. The highest BCUT2D eigenvalue weighted by Crippen LogP contribution is 2.25. The van der Waals surface area contributed by atoms with E-state index < -0.39 is 0 Å². The number of halogens is 1. The van der Waals surface area contributed by atoms with Crippen LogP contribution >= 0.6 is 22.6 Å². The van der Waals surface area contributed by atoms with Crippen LogP contribution in [-0.4, -0.2) is 51.0 Å². The van der Waals surface area contributed by atoms with Gasteiger partial charge in [-0.05, 0) is 48.4 Å². The summed E-state index contributed by atoms with van der Waals surface area (Å²) in [5, 5.41) is 4.51. The number of aryl methyl sites for hydroxylation is 1. The van der Waals surface area contributed by atoms with Gasteiger partial charge in [-0.3, -0.25) is 14.3 Å². The van der Waals surface area contributed by atoms with Gasteiger partial charge in [0.05, 0.1) is 28.0 Å². The first-order valence-corrected chi connectivity index (χ1v) is 9.01. The van der Waals surface area contributed by atoms with Crippen LogP contribution in [0.4, 0.5) is 0 Å². The van der Waals surface area contributed by atoms with E-state index in [1.807, 2.05) is 16.5 Å². The van der Waals surface area contributed by atoms with Crippen LogP contribution in [0.5, 0.6) is 0 Å². The van der Waals surface area contributed by atoms with Crippen LogP contribution in [0.25, 0.3) is 0 Å². The lowest BCUT2D eigenvalue weighted by molar-refractivity contribution is -0.140. The van der Waals surface area contributed by atoms with Crippen molar-refractivity contribution in [2.75, 3.05) is 19.6 Å². The van der Waals surface area contributed by atoms with E-state index in [0.29, 0.717) is 19.6 Å². The topological polar surface area (TPSA) is 58.4 Å². The standard InChI is InChI=1S/C16H21IN4O2/c1-3-14(22)19-6-4-12(5-7-19)16(23)20-8-9-21-13(10-20)15(17)11(2)18-21/h3,12H,1,4-10H2,2H3. The van der Waals surface area contributed by atoms with Crippen molar-refractivity contribution in [1.82, 2.24) is 19.6 Å². The minimum Gasteiger partial charge on any atom is -0.339 e. The van der Waals surface area contributed by atoms with Gasteiger partial charge in [0.1, 0.15) is 0 Å². The van der Waals surface area contributed by atoms with E-state index in [9.17, 15) is 9.59 Å². The van der Waals surface area contributed by atoms with Gasteiger partial charge < -0.3 is 9.80 Å². The molecule has 0 unspecified atom stereocenters. The van der Waals surface area contributed by atoms with Crippen molar-refractivity contribution >= 4 is 34.4 Å². The zero-order valence-corrected chi connectivity index (χ0v) is 15.5. The van der Waals surface area contributed by atoms with Crippen LogP contribution in [-0.2, 0) is 22.7 Å². The van der Waals surface area contributed by atoms with Gasteiger partial charge in [-0.2, -0.15) is 5.10 Å². The molecule has 0 aromatic carbocycles. The van der Waals surface area contributed by atoms with Gasteiger partial charge in [0.2, 0.25) is 11.8 Å². The molecule has 7 heteroatoms. The molecule has 2 amide bonds. The molecule has 0 spiro atoms. The predicted octanol–water partition coefficient (Wildman–Crippen LogP) is 1.56. The van der Waals surface area contributed by atoms with Gasteiger partial charge in [0, 0.05) is 25.6 Å². The van der Waals surface area contributed by atoms with E-state index in [0.717, 1.165) is 40.9 Å². The first kappa shape index (κ1) is 16.5. The zero-order chi connectivity index (χ0) is 16.6. The summed E-state index contributed by atoms with van der Waals surface area (Å²) in [7, 11) is 0. The molecule has 0 atom stereocenters. The second-order valence-electron chi connectivity index (χ2n) is 6.13. The molecular formula is C16H21IN4O2. The summed E-state index contributed by atoms with van der Waals surface area (Å²) in [4.78, 5) is 28.1. The monoisotopic (exact) mass is 428 g/mol. The Morgan fingerprint density at radius 1 is 1.22 bits per heavy atom. The fraction of sp³-hybridized carbons (Fsp3) is 0.562. The maximum atomic E-state index is 12.8. The molecule has 1 aromatic rings. The Morgan fingerprint density at radius 2 is 1.91 bits per heavy atom. The Kier molecular flexibility index (Phi) is 4.74. The molecule has 0 bridgehead atoms. The van der Waals surface area contributed by atoms with Gasteiger partial charge >= 0.3 is 0 Å². The molecule has 23 heavy (non-hydrogen) atoms. The second kappa shape index (κ2) is 6.62. The van der Waals surface area contributed by atoms with Crippen molar-refractivity contribution in [2.45, 2.75) is 32.9 Å². The van der Waals surface area contributed by atoms with Gasteiger partial charge in [0.15, 0.2) is 0 Å². The minimum atomic E-state index is -0.0391. The average Bonchev–Trinajstić information content (AvgIpc) is 2.87. The normalized spacial score (nSPS) is 18.7. The predicted molar refractivity (Wildman–Crippen MR) is 94.6 cm³/mol. The SMILES string of the molecule is C=CC(=O)N1CCC(C(=O)N2CCn3nc(C)c(I)c3C2)CC1. The first-order chi connectivity index (χ1) is 11.0. The van der Waals surface area contributed by atoms with Crippen molar-refractivity contribution in [3.8, 4) is 0 Å². The van der Waals surface area contributed by atoms with E-state index in [1.165, 1.54) is 6.08 Å². The zero-order valence-electron chi connectivity index (χ0n) is 13.3. The summed E-state index contributed by atoms with van der Waals surface area (Å²) in [6.45, 7) is 8.93. The number of hydrogen-bond acceptors (Lipinski definition) is 3. The molecule has 2 aliphatic heterocycles. The molecule has 3 heterocycles. The third-order valence-electron chi connectivity index (χ3n) is 4.72. The molecule has 0 radical (unpaired) electrons. The van der Waals surface area contributed by atoms with Gasteiger partial charge in [-0.1, -0.05) is 6.58 Å². The summed E-state index contributed by atoms with van der Waals surface area (Å²) in [6, 6.07) is 0. The number of amides is 2. The number of rotatable bonds is 2. The van der Waals surface area contributed by atoms with E-state index in [4.69, 9.17) is 0 Å². The van der Waals surface area contributed by atoms with Crippen molar-refractivity contribution in [2.24, 2.45) is 5.92 Å². The van der Waals surface area contributed by atoms with Crippen molar-refractivity contribution in [3.05, 3.63) is 27.6 Å². The highest BCUT2D eigenvalue weighted by Gasteiger charge is 2.32. The van der Waals surface area contributed by atoms with E-state index in [1.54, 1.807) is 4.90 Å². The lowest BCUT2D eigenvalue weighted by Gasteiger charge is -2.35. The van der Waals surface area contributed by atoms with Gasteiger partial charge in [-0.15, -0.1) is 0 Å². The molecular weight excluding hydrogens is 407 g/mol. The number of carbonyl (C=O) groups is 2. The van der Waals surface area contributed by atoms with Crippen LogP contribution in [0.2, 0.25) is 0 Å². The van der Waals surface area contributed by atoms with Crippen molar-refractivity contribution in [1.29, 1.82) is 0 Å². The number of nitrogens with zero attached hydrogens (tertiary/aromatic N) is 4. The Balaban J connectivity index is 1.63. The van der Waals surface area contributed by atoms with Crippen LogP contribution in [0.3, 0.4) is 0 Å². The highest BCUT2D eigenvalue weighted by atomic mass is 127. The summed E-state index contributed by atoms with van der Waals surface area (Å²) < 4.78 is 3.18. The number of fused-ring (bicyclic) bond motifs is 1.